The third kappa shape index (κ3) is 5.57. The second-order valence-electron chi connectivity index (χ2n) is 7.05. The third-order valence-electron chi connectivity index (χ3n) is 4.75. The maximum atomic E-state index is 12.8. The predicted molar refractivity (Wildman–Crippen MR) is 129 cm³/mol. The zero-order valence-corrected chi connectivity index (χ0v) is 19.3. The Morgan fingerprint density at radius 2 is 1.76 bits per heavy atom. The van der Waals surface area contributed by atoms with Gasteiger partial charge in [-0.25, -0.2) is 13.4 Å². The second-order valence-corrected chi connectivity index (χ2v) is 9.60. The minimum atomic E-state index is -3.86. The number of nitrogens with zero attached hydrogens (tertiary/aromatic N) is 1. The first-order valence-electron chi connectivity index (χ1n) is 9.99. The highest BCUT2D eigenvalue weighted by Crippen LogP contribution is 2.23. The van der Waals surface area contributed by atoms with E-state index in [-0.39, 0.29) is 22.9 Å². The number of rotatable bonds is 8. The summed E-state index contributed by atoms with van der Waals surface area (Å²) in [4.78, 5) is 17.2. The number of hydrogen-bond donors (Lipinski definition) is 2. The number of sulfonamides is 1. The fraction of sp³-hybridized carbons (Fsp3) is 0.0833. The molecule has 0 saturated carbocycles. The van der Waals surface area contributed by atoms with E-state index in [0.717, 1.165) is 16.3 Å². The monoisotopic (exact) mass is 479 g/mol. The fourth-order valence-corrected chi connectivity index (χ4v) is 4.98. The molecule has 0 aliphatic rings. The largest absolute Gasteiger partial charge is 0.497 e. The molecule has 4 rings (SSSR count). The van der Waals surface area contributed by atoms with E-state index < -0.39 is 10.0 Å². The minimum Gasteiger partial charge on any atom is -0.497 e. The standard InChI is InChI=1S/C24H21N3O4S2/c1-31-21-12-10-19(11-13-21)27-33(29,30)22-9-5-8-18(14-22)23(28)25-15-20-16-32-24(26-20)17-6-3-2-4-7-17/h2-14,16,27H,15H2,1H3,(H,25,28). The van der Waals surface area contributed by atoms with Gasteiger partial charge in [0.1, 0.15) is 10.8 Å². The van der Waals surface area contributed by atoms with E-state index in [1.807, 2.05) is 35.7 Å². The van der Waals surface area contributed by atoms with Gasteiger partial charge in [-0.2, -0.15) is 0 Å². The number of ether oxygens (including phenoxy) is 1. The van der Waals surface area contributed by atoms with Crippen LogP contribution in [-0.2, 0) is 16.6 Å². The average Bonchev–Trinajstić information content (AvgIpc) is 3.32. The summed E-state index contributed by atoms with van der Waals surface area (Å²) in [5.74, 6) is 0.235. The first kappa shape index (κ1) is 22.5. The van der Waals surface area contributed by atoms with Gasteiger partial charge in [-0.15, -0.1) is 11.3 Å². The number of aromatic nitrogens is 1. The maximum Gasteiger partial charge on any atom is 0.261 e. The second kappa shape index (κ2) is 9.85. The van der Waals surface area contributed by atoms with Crippen molar-refractivity contribution in [2.45, 2.75) is 11.4 Å². The van der Waals surface area contributed by atoms with E-state index in [1.165, 1.54) is 36.6 Å². The van der Waals surface area contributed by atoms with E-state index in [2.05, 4.69) is 15.0 Å². The topological polar surface area (TPSA) is 97.4 Å². The summed E-state index contributed by atoms with van der Waals surface area (Å²) in [6.07, 6.45) is 0. The number of benzene rings is 3. The molecule has 0 aliphatic carbocycles. The highest BCUT2D eigenvalue weighted by molar-refractivity contribution is 7.92. The number of nitrogens with one attached hydrogen (secondary N) is 2. The van der Waals surface area contributed by atoms with Crippen LogP contribution in [0.2, 0.25) is 0 Å². The lowest BCUT2D eigenvalue weighted by molar-refractivity contribution is 0.0950. The number of carbonyl (C=O) groups excluding carboxylic acids is 1. The Bertz CT molecular complexity index is 1350. The van der Waals surface area contributed by atoms with Crippen molar-refractivity contribution in [3.05, 3.63) is 95.5 Å². The van der Waals surface area contributed by atoms with Crippen molar-refractivity contribution >= 4 is 33.0 Å². The molecular formula is C24H21N3O4S2. The van der Waals surface area contributed by atoms with Gasteiger partial charge in [0.15, 0.2) is 0 Å². The maximum absolute atomic E-state index is 12.8. The quantitative estimate of drug-likeness (QED) is 0.386. The average molecular weight is 480 g/mol. The molecule has 3 aromatic carbocycles. The molecule has 0 fully saturated rings. The Balaban J connectivity index is 1.42. The summed E-state index contributed by atoms with van der Waals surface area (Å²) < 4.78 is 33.1. The van der Waals surface area contributed by atoms with Gasteiger partial charge in [-0.05, 0) is 42.5 Å². The molecule has 1 aromatic heterocycles. The summed E-state index contributed by atoms with van der Waals surface area (Å²) in [5.41, 5.74) is 2.38. The summed E-state index contributed by atoms with van der Waals surface area (Å²) in [5, 5.41) is 5.56. The SMILES string of the molecule is COc1ccc(NS(=O)(=O)c2cccc(C(=O)NCc3csc(-c4ccccc4)n3)c2)cc1. The van der Waals surface area contributed by atoms with E-state index >= 15 is 0 Å². The number of hydrogen-bond acceptors (Lipinski definition) is 6. The highest BCUT2D eigenvalue weighted by atomic mass is 32.2. The van der Waals surface area contributed by atoms with Crippen LogP contribution in [-0.4, -0.2) is 26.4 Å². The van der Waals surface area contributed by atoms with Gasteiger partial charge in [0, 0.05) is 22.2 Å². The molecule has 7 nitrogen and oxygen atoms in total. The van der Waals surface area contributed by atoms with E-state index in [9.17, 15) is 13.2 Å². The minimum absolute atomic E-state index is 0.00834. The molecule has 0 radical (unpaired) electrons. The Labute approximate surface area is 196 Å². The van der Waals surface area contributed by atoms with E-state index in [1.54, 1.807) is 30.3 Å². The van der Waals surface area contributed by atoms with Gasteiger partial charge in [0.05, 0.1) is 24.2 Å². The highest BCUT2D eigenvalue weighted by Gasteiger charge is 2.17. The van der Waals surface area contributed by atoms with E-state index in [0.29, 0.717) is 11.4 Å². The zero-order valence-electron chi connectivity index (χ0n) is 17.7. The molecule has 33 heavy (non-hydrogen) atoms. The van der Waals surface area contributed by atoms with Crippen LogP contribution < -0.4 is 14.8 Å². The molecule has 4 aromatic rings. The van der Waals surface area contributed by atoms with Crippen molar-refractivity contribution in [3.63, 3.8) is 0 Å². The van der Waals surface area contributed by atoms with Crippen molar-refractivity contribution in [2.75, 3.05) is 11.8 Å². The first-order valence-corrected chi connectivity index (χ1v) is 12.4. The summed E-state index contributed by atoms with van der Waals surface area (Å²) in [6, 6.07) is 22.2. The zero-order chi connectivity index (χ0) is 23.3. The lowest BCUT2D eigenvalue weighted by atomic mass is 10.2. The van der Waals surface area contributed by atoms with Gasteiger partial charge in [0.25, 0.3) is 15.9 Å². The molecular weight excluding hydrogens is 458 g/mol. The molecule has 168 valence electrons. The van der Waals surface area contributed by atoms with Crippen molar-refractivity contribution in [2.24, 2.45) is 0 Å². The van der Waals surface area contributed by atoms with Gasteiger partial charge in [-0.1, -0.05) is 36.4 Å². The van der Waals surface area contributed by atoms with Crippen LogP contribution in [0.25, 0.3) is 10.6 Å². The number of anilines is 1. The van der Waals surface area contributed by atoms with Crippen LogP contribution in [0, 0.1) is 0 Å². The van der Waals surface area contributed by atoms with Crippen molar-refractivity contribution in [1.82, 2.24) is 10.3 Å². The van der Waals surface area contributed by atoms with Gasteiger partial charge >= 0.3 is 0 Å². The van der Waals surface area contributed by atoms with Crippen LogP contribution in [0.1, 0.15) is 16.1 Å². The van der Waals surface area contributed by atoms with Crippen LogP contribution >= 0.6 is 11.3 Å². The van der Waals surface area contributed by atoms with Crippen LogP contribution in [0.3, 0.4) is 0 Å². The predicted octanol–water partition coefficient (Wildman–Crippen LogP) is 4.55. The summed E-state index contributed by atoms with van der Waals surface area (Å²) in [7, 11) is -2.33. The molecule has 0 bridgehead atoms. The Kier molecular flexibility index (Phi) is 6.71. The van der Waals surface area contributed by atoms with Crippen molar-refractivity contribution < 1.29 is 17.9 Å². The number of thiazole rings is 1. The number of methoxy groups -OCH3 is 1. The number of carbonyl (C=O) groups is 1. The Morgan fingerprint density at radius 3 is 2.48 bits per heavy atom. The molecule has 0 spiro atoms. The van der Waals surface area contributed by atoms with E-state index in [4.69, 9.17) is 4.74 Å². The smallest absolute Gasteiger partial charge is 0.261 e. The van der Waals surface area contributed by atoms with Gasteiger partial charge < -0.3 is 10.1 Å². The molecule has 1 amide bonds. The Hall–Kier alpha value is -3.69. The molecule has 0 unspecified atom stereocenters. The van der Waals surface area contributed by atoms with Crippen LogP contribution in [0.4, 0.5) is 5.69 Å². The molecule has 2 N–H and O–H groups in total. The fourth-order valence-electron chi connectivity index (χ4n) is 3.05. The molecule has 0 atom stereocenters. The number of amides is 1. The van der Waals surface area contributed by atoms with Crippen LogP contribution in [0.5, 0.6) is 5.75 Å². The normalized spacial score (nSPS) is 11.1. The van der Waals surface area contributed by atoms with Crippen molar-refractivity contribution in [1.29, 1.82) is 0 Å². The van der Waals surface area contributed by atoms with Gasteiger partial charge in [0.2, 0.25) is 0 Å². The van der Waals surface area contributed by atoms with Crippen molar-refractivity contribution in [3.8, 4) is 16.3 Å². The molecule has 9 heteroatoms. The lowest BCUT2D eigenvalue weighted by Crippen LogP contribution is -2.23. The molecule has 0 saturated heterocycles. The summed E-state index contributed by atoms with van der Waals surface area (Å²) in [6.45, 7) is 0.239. The third-order valence-corrected chi connectivity index (χ3v) is 7.07. The van der Waals surface area contributed by atoms with Gasteiger partial charge in [-0.3, -0.25) is 9.52 Å². The summed E-state index contributed by atoms with van der Waals surface area (Å²) >= 11 is 1.50. The lowest BCUT2D eigenvalue weighted by Gasteiger charge is -2.10. The molecule has 0 aliphatic heterocycles. The molecule has 1 heterocycles. The Morgan fingerprint density at radius 1 is 1.00 bits per heavy atom. The first-order chi connectivity index (χ1) is 15.9. The van der Waals surface area contributed by atoms with Crippen LogP contribution in [0.15, 0.2) is 89.1 Å².